The number of rotatable bonds is 9. The average Bonchev–Trinajstić information content (AvgIpc) is 2.75. The number of carbonyl (C=O) groups excluding carboxylic acids is 1. The Hall–Kier alpha value is -2.79. The van der Waals surface area contributed by atoms with Crippen molar-refractivity contribution in [3.05, 3.63) is 71.3 Å². The summed E-state index contributed by atoms with van der Waals surface area (Å²) in [4.78, 5) is 12.1. The maximum atomic E-state index is 12.1. The van der Waals surface area contributed by atoms with Gasteiger partial charge in [0.25, 0.3) is 0 Å². The summed E-state index contributed by atoms with van der Waals surface area (Å²) in [7, 11) is 1.65. The maximum Gasteiger partial charge on any atom is 0.319 e. The molecular weight excluding hydrogens is 364 g/mol. The summed E-state index contributed by atoms with van der Waals surface area (Å²) in [6, 6.07) is 15.4. The molecule has 0 saturated heterocycles. The number of carbonyl (C=O) groups is 1. The molecule has 154 valence electrons. The fourth-order valence-corrected chi connectivity index (χ4v) is 3.39. The molecule has 5 heteroatoms. The molecule has 2 aromatic carbocycles. The normalized spacial score (nSPS) is 13.5. The van der Waals surface area contributed by atoms with Crippen LogP contribution < -0.4 is 15.4 Å². The Morgan fingerprint density at radius 2 is 1.86 bits per heavy atom. The van der Waals surface area contributed by atoms with E-state index >= 15 is 0 Å². The van der Waals surface area contributed by atoms with Crippen molar-refractivity contribution in [1.82, 2.24) is 5.32 Å². The molecule has 2 N–H and O–H groups in total. The quantitative estimate of drug-likeness (QED) is 0.558. The first-order valence-corrected chi connectivity index (χ1v) is 10.3. The Bertz CT molecular complexity index is 815. The van der Waals surface area contributed by atoms with Gasteiger partial charge in [0, 0.05) is 12.2 Å². The number of methoxy groups -OCH3 is 1. The lowest BCUT2D eigenvalue weighted by atomic mass is 9.97. The van der Waals surface area contributed by atoms with Crippen molar-refractivity contribution in [1.29, 1.82) is 0 Å². The van der Waals surface area contributed by atoms with Gasteiger partial charge in [0.15, 0.2) is 0 Å². The van der Waals surface area contributed by atoms with Gasteiger partial charge in [0.05, 0.1) is 20.3 Å². The molecule has 0 aliphatic heterocycles. The summed E-state index contributed by atoms with van der Waals surface area (Å²) in [5, 5.41) is 5.84. The summed E-state index contributed by atoms with van der Waals surface area (Å²) in [6.45, 7) is 1.68. The van der Waals surface area contributed by atoms with Crippen LogP contribution in [0.15, 0.2) is 60.2 Å². The zero-order valence-electron chi connectivity index (χ0n) is 17.1. The number of allylic oxidation sites excluding steroid dienone is 1. The largest absolute Gasteiger partial charge is 0.497 e. The molecule has 0 radical (unpaired) electrons. The Morgan fingerprint density at radius 1 is 1.03 bits per heavy atom. The van der Waals surface area contributed by atoms with Crippen LogP contribution >= 0.6 is 0 Å². The van der Waals surface area contributed by atoms with Crippen LogP contribution in [0.3, 0.4) is 0 Å². The zero-order chi connectivity index (χ0) is 20.3. The first-order chi connectivity index (χ1) is 14.2. The fraction of sp³-hybridized carbons (Fsp3) is 0.375. The molecule has 0 saturated carbocycles. The number of benzene rings is 2. The average molecular weight is 395 g/mol. The number of anilines is 1. The monoisotopic (exact) mass is 394 g/mol. The maximum absolute atomic E-state index is 12.1. The number of nitrogens with one attached hydrogen (secondary N) is 2. The summed E-state index contributed by atoms with van der Waals surface area (Å²) in [5.74, 6) is 0.835. The second kappa shape index (κ2) is 11.3. The molecule has 2 amide bonds. The van der Waals surface area contributed by atoms with Crippen molar-refractivity contribution in [2.75, 3.05) is 19.0 Å². The van der Waals surface area contributed by atoms with Gasteiger partial charge in [0.2, 0.25) is 0 Å². The summed E-state index contributed by atoms with van der Waals surface area (Å²) < 4.78 is 11.0. The van der Waals surface area contributed by atoms with E-state index in [4.69, 9.17) is 9.47 Å². The highest BCUT2D eigenvalue weighted by Gasteiger charge is 2.06. The number of amides is 2. The van der Waals surface area contributed by atoms with Crippen LogP contribution in [0, 0.1) is 0 Å². The van der Waals surface area contributed by atoms with E-state index in [0.29, 0.717) is 19.8 Å². The van der Waals surface area contributed by atoms with E-state index in [0.717, 1.165) is 29.0 Å². The van der Waals surface area contributed by atoms with E-state index in [9.17, 15) is 4.79 Å². The molecule has 1 aliphatic rings. The van der Waals surface area contributed by atoms with Crippen molar-refractivity contribution >= 4 is 11.7 Å². The highest BCUT2D eigenvalue weighted by molar-refractivity contribution is 5.89. The number of hydrogen-bond acceptors (Lipinski definition) is 3. The highest BCUT2D eigenvalue weighted by atomic mass is 16.5. The second-order valence-corrected chi connectivity index (χ2v) is 7.28. The Labute approximate surface area is 173 Å². The first kappa shape index (κ1) is 20.9. The number of ether oxygens (including phenoxy) is 2. The minimum absolute atomic E-state index is 0.169. The Balaban J connectivity index is 1.39. The van der Waals surface area contributed by atoms with Crippen LogP contribution in [0.5, 0.6) is 5.75 Å². The van der Waals surface area contributed by atoms with E-state index in [2.05, 4.69) is 16.7 Å². The lowest BCUT2D eigenvalue weighted by Gasteiger charge is -2.13. The van der Waals surface area contributed by atoms with E-state index in [1.54, 1.807) is 7.11 Å². The van der Waals surface area contributed by atoms with Crippen LogP contribution in [0.2, 0.25) is 0 Å². The molecule has 5 nitrogen and oxygen atoms in total. The lowest BCUT2D eigenvalue weighted by molar-refractivity contribution is 0.107. The Kier molecular flexibility index (Phi) is 8.13. The molecule has 0 bridgehead atoms. The molecule has 0 fully saturated rings. The van der Waals surface area contributed by atoms with Gasteiger partial charge in [-0.3, -0.25) is 0 Å². The molecular formula is C24H30N2O3. The van der Waals surface area contributed by atoms with Gasteiger partial charge in [-0.05, 0) is 67.5 Å². The van der Waals surface area contributed by atoms with E-state index < -0.39 is 0 Å². The van der Waals surface area contributed by atoms with Gasteiger partial charge in [-0.25, -0.2) is 4.79 Å². The SMILES string of the molecule is COc1ccc(COCc2cccc(NC(=O)NCCC3=CCCCC3)c2)cc1. The summed E-state index contributed by atoms with van der Waals surface area (Å²) in [6.07, 6.45) is 8.16. The number of hydrogen-bond donors (Lipinski definition) is 2. The standard InChI is InChI=1S/C24H30N2O3/c1-28-23-12-10-20(11-13-23)17-29-18-21-8-5-9-22(16-21)26-24(27)25-15-14-19-6-3-2-4-7-19/h5-6,8-13,16H,2-4,7,14-15,17-18H2,1H3,(H2,25,26,27). The van der Waals surface area contributed by atoms with Crippen molar-refractivity contribution in [3.8, 4) is 5.75 Å². The molecule has 0 unspecified atom stereocenters. The third kappa shape index (κ3) is 7.27. The smallest absolute Gasteiger partial charge is 0.319 e. The third-order valence-electron chi connectivity index (χ3n) is 5.00. The molecule has 0 aromatic heterocycles. The predicted molar refractivity (Wildman–Crippen MR) is 116 cm³/mol. The highest BCUT2D eigenvalue weighted by Crippen LogP contribution is 2.19. The molecule has 29 heavy (non-hydrogen) atoms. The van der Waals surface area contributed by atoms with Gasteiger partial charge in [-0.15, -0.1) is 0 Å². The van der Waals surface area contributed by atoms with Crippen molar-refractivity contribution in [2.24, 2.45) is 0 Å². The van der Waals surface area contributed by atoms with Crippen LogP contribution in [-0.4, -0.2) is 19.7 Å². The topological polar surface area (TPSA) is 59.6 Å². The minimum Gasteiger partial charge on any atom is -0.497 e. The third-order valence-corrected chi connectivity index (χ3v) is 5.00. The van der Waals surface area contributed by atoms with Crippen molar-refractivity contribution in [3.63, 3.8) is 0 Å². The molecule has 0 spiro atoms. The summed E-state index contributed by atoms with van der Waals surface area (Å²) in [5.41, 5.74) is 4.34. The van der Waals surface area contributed by atoms with Crippen LogP contribution in [0.1, 0.15) is 43.2 Å². The number of urea groups is 1. The fourth-order valence-electron chi connectivity index (χ4n) is 3.39. The van der Waals surface area contributed by atoms with E-state index in [-0.39, 0.29) is 6.03 Å². The van der Waals surface area contributed by atoms with Gasteiger partial charge in [0.1, 0.15) is 5.75 Å². The molecule has 2 aromatic rings. The Morgan fingerprint density at radius 3 is 2.62 bits per heavy atom. The van der Waals surface area contributed by atoms with Crippen LogP contribution in [0.4, 0.5) is 10.5 Å². The first-order valence-electron chi connectivity index (χ1n) is 10.3. The van der Waals surface area contributed by atoms with Crippen LogP contribution in [0.25, 0.3) is 0 Å². The van der Waals surface area contributed by atoms with Gasteiger partial charge >= 0.3 is 6.03 Å². The van der Waals surface area contributed by atoms with Gasteiger partial charge in [-0.1, -0.05) is 35.9 Å². The zero-order valence-corrected chi connectivity index (χ0v) is 17.1. The minimum atomic E-state index is -0.169. The molecule has 0 heterocycles. The molecule has 0 atom stereocenters. The second-order valence-electron chi connectivity index (χ2n) is 7.28. The molecule has 3 rings (SSSR count). The predicted octanol–water partition coefficient (Wildman–Crippen LogP) is 5.42. The van der Waals surface area contributed by atoms with Crippen molar-refractivity contribution < 1.29 is 14.3 Å². The van der Waals surface area contributed by atoms with E-state index in [1.165, 1.54) is 31.3 Å². The van der Waals surface area contributed by atoms with E-state index in [1.807, 2.05) is 48.5 Å². The van der Waals surface area contributed by atoms with Gasteiger partial charge in [-0.2, -0.15) is 0 Å². The van der Waals surface area contributed by atoms with Crippen LogP contribution in [-0.2, 0) is 18.0 Å². The lowest BCUT2D eigenvalue weighted by Crippen LogP contribution is -2.29. The molecule has 1 aliphatic carbocycles. The summed E-state index contributed by atoms with van der Waals surface area (Å²) >= 11 is 0. The van der Waals surface area contributed by atoms with Gasteiger partial charge < -0.3 is 20.1 Å². The van der Waals surface area contributed by atoms with Crippen molar-refractivity contribution in [2.45, 2.75) is 45.3 Å².